The summed E-state index contributed by atoms with van der Waals surface area (Å²) in [4.78, 5) is 0. The second-order valence-electron chi connectivity index (χ2n) is 2.33. The molecule has 0 aromatic carbocycles. The predicted octanol–water partition coefficient (Wildman–Crippen LogP) is 0.853. The highest BCUT2D eigenvalue weighted by Gasteiger charge is 2.18. The van der Waals surface area contributed by atoms with E-state index in [1.165, 1.54) is 11.4 Å². The Morgan fingerprint density at radius 2 is 1.90 bits per heavy atom. The van der Waals surface area contributed by atoms with Crippen LogP contribution in [0.1, 0.15) is 13.8 Å². The number of rotatable bonds is 3. The summed E-state index contributed by atoms with van der Waals surface area (Å²) in [6.45, 7) is 3.59. The molecule has 0 aliphatic heterocycles. The van der Waals surface area contributed by atoms with Crippen LogP contribution in [0.4, 0.5) is 0 Å². The molecule has 0 amide bonds. The summed E-state index contributed by atoms with van der Waals surface area (Å²) in [7, 11) is -1.68. The van der Waals surface area contributed by atoms with Crippen molar-refractivity contribution in [3.63, 3.8) is 0 Å². The van der Waals surface area contributed by atoms with Gasteiger partial charge >= 0.3 is 0 Å². The van der Waals surface area contributed by atoms with Crippen molar-refractivity contribution in [2.24, 2.45) is 0 Å². The van der Waals surface area contributed by atoms with Gasteiger partial charge in [-0.1, -0.05) is 0 Å². The fourth-order valence-corrected chi connectivity index (χ4v) is 1.66. The number of halogens is 1. The second kappa shape index (κ2) is 3.55. The van der Waals surface area contributed by atoms with E-state index in [2.05, 4.69) is 0 Å². The van der Waals surface area contributed by atoms with Gasteiger partial charge in [-0.15, -0.1) is 11.6 Å². The molecule has 0 heterocycles. The van der Waals surface area contributed by atoms with E-state index in [0.717, 1.165) is 0 Å². The lowest BCUT2D eigenvalue weighted by atomic mass is 10.4. The largest absolute Gasteiger partial charge is 0.228 e. The number of hydrogen-bond acceptors (Lipinski definition) is 2. The maximum atomic E-state index is 10.9. The first-order valence-corrected chi connectivity index (χ1v) is 5.08. The van der Waals surface area contributed by atoms with Crippen molar-refractivity contribution in [2.75, 3.05) is 12.3 Å². The van der Waals surface area contributed by atoms with E-state index in [4.69, 9.17) is 11.6 Å². The van der Waals surface area contributed by atoms with Crippen molar-refractivity contribution in [1.29, 1.82) is 0 Å². The summed E-state index contributed by atoms with van der Waals surface area (Å²) >= 11 is 5.20. The molecule has 0 unspecified atom stereocenters. The van der Waals surface area contributed by atoms with E-state index in [9.17, 15) is 8.42 Å². The molecule has 0 rings (SSSR count). The lowest BCUT2D eigenvalue weighted by Gasteiger charge is -2.18. The van der Waals surface area contributed by atoms with Crippen molar-refractivity contribution in [3.05, 3.63) is 0 Å². The van der Waals surface area contributed by atoms with Crippen LogP contribution in [0.25, 0.3) is 0 Å². The van der Waals surface area contributed by atoms with E-state index in [-0.39, 0.29) is 11.3 Å². The maximum Gasteiger partial charge on any atom is 0.228 e. The van der Waals surface area contributed by atoms with Gasteiger partial charge in [0.1, 0.15) is 5.21 Å². The van der Waals surface area contributed by atoms with Crippen LogP contribution in [0.3, 0.4) is 0 Å². The molecule has 0 radical (unpaired) electrons. The van der Waals surface area contributed by atoms with Gasteiger partial charge in [0.05, 0.1) is 0 Å². The Balaban J connectivity index is 4.35. The molecule has 0 fully saturated rings. The summed E-state index contributed by atoms with van der Waals surface area (Å²) < 4.78 is 23.1. The summed E-state index contributed by atoms with van der Waals surface area (Å²) in [6.07, 6.45) is 0. The molecule has 10 heavy (non-hydrogen) atoms. The third-order valence-electron chi connectivity index (χ3n) is 1.30. The van der Waals surface area contributed by atoms with Crippen LogP contribution in [0.5, 0.6) is 0 Å². The molecule has 0 saturated carbocycles. The van der Waals surface area contributed by atoms with Crippen LogP contribution < -0.4 is 0 Å². The van der Waals surface area contributed by atoms with Gasteiger partial charge in [0.2, 0.25) is 10.0 Å². The van der Waals surface area contributed by atoms with E-state index >= 15 is 0 Å². The summed E-state index contributed by atoms with van der Waals surface area (Å²) in [5, 5.41) is -0.346. The van der Waals surface area contributed by atoms with Crippen LogP contribution in [-0.4, -0.2) is 31.0 Å². The van der Waals surface area contributed by atoms with E-state index < -0.39 is 10.0 Å². The molecule has 0 aliphatic rings. The van der Waals surface area contributed by atoms with Crippen molar-refractivity contribution in [2.45, 2.75) is 19.9 Å². The Kier molecular flexibility index (Phi) is 3.62. The number of nitrogens with zero attached hydrogens (tertiary/aromatic N) is 1. The zero-order valence-electron chi connectivity index (χ0n) is 6.33. The average molecular weight is 186 g/mol. The first-order valence-electron chi connectivity index (χ1n) is 2.93. The van der Waals surface area contributed by atoms with Crippen molar-refractivity contribution in [1.82, 2.24) is 4.31 Å². The van der Waals surface area contributed by atoms with Crippen LogP contribution in [-0.2, 0) is 10.0 Å². The molecule has 0 bridgehead atoms. The molecule has 0 saturated heterocycles. The third-order valence-corrected chi connectivity index (χ3v) is 3.71. The molecule has 0 N–H and O–H groups in total. The molecule has 62 valence electrons. The normalized spacial score (nSPS) is 13.0. The molecular weight excluding hydrogens is 174 g/mol. The fraction of sp³-hybridized carbons (Fsp3) is 1.00. The highest BCUT2D eigenvalue weighted by molar-refractivity contribution is 7.90. The highest BCUT2D eigenvalue weighted by Crippen LogP contribution is 2.04. The van der Waals surface area contributed by atoms with Gasteiger partial charge in [-0.05, 0) is 13.8 Å². The van der Waals surface area contributed by atoms with Gasteiger partial charge < -0.3 is 0 Å². The van der Waals surface area contributed by atoms with Crippen LogP contribution in [0.15, 0.2) is 0 Å². The smallest absolute Gasteiger partial charge is 0.211 e. The Hall–Kier alpha value is 0.200. The van der Waals surface area contributed by atoms with Gasteiger partial charge in [0.25, 0.3) is 0 Å². The molecule has 0 aliphatic carbocycles. The van der Waals surface area contributed by atoms with Crippen molar-refractivity contribution in [3.8, 4) is 0 Å². The summed E-state index contributed by atoms with van der Waals surface area (Å²) in [6, 6.07) is -0.0243. The van der Waals surface area contributed by atoms with E-state index in [1.54, 1.807) is 13.8 Å². The first kappa shape index (κ1) is 10.2. The Morgan fingerprint density at radius 3 is 2.00 bits per heavy atom. The minimum absolute atomic E-state index is 0.0243. The van der Waals surface area contributed by atoms with Gasteiger partial charge in [-0.25, -0.2) is 12.7 Å². The number of alkyl halides is 1. The minimum atomic E-state index is -3.20. The average Bonchev–Trinajstić information content (AvgIpc) is 1.86. The zero-order chi connectivity index (χ0) is 8.36. The molecule has 5 heteroatoms. The zero-order valence-corrected chi connectivity index (χ0v) is 7.91. The third kappa shape index (κ3) is 2.44. The molecule has 0 spiro atoms. The molecule has 0 aromatic heterocycles. The summed E-state index contributed by atoms with van der Waals surface area (Å²) in [5.74, 6) is 0. The van der Waals surface area contributed by atoms with Gasteiger partial charge in [0, 0.05) is 13.1 Å². The highest BCUT2D eigenvalue weighted by atomic mass is 35.5. The fourth-order valence-electron chi connectivity index (χ4n) is 0.398. The van der Waals surface area contributed by atoms with Crippen LogP contribution in [0.2, 0.25) is 0 Å². The van der Waals surface area contributed by atoms with Gasteiger partial charge in [0.15, 0.2) is 0 Å². The van der Waals surface area contributed by atoms with E-state index in [0.29, 0.717) is 0 Å². The van der Waals surface area contributed by atoms with Crippen LogP contribution in [0, 0.1) is 0 Å². The summed E-state index contributed by atoms with van der Waals surface area (Å²) in [5.41, 5.74) is 0. The first-order chi connectivity index (χ1) is 4.41. The SMILES string of the molecule is CC(C)N(C)S(=O)(=O)CCl. The lowest BCUT2D eigenvalue weighted by Crippen LogP contribution is -2.33. The predicted molar refractivity (Wildman–Crippen MR) is 42.5 cm³/mol. The molecule has 3 nitrogen and oxygen atoms in total. The minimum Gasteiger partial charge on any atom is -0.211 e. The monoisotopic (exact) mass is 185 g/mol. The van der Waals surface area contributed by atoms with Gasteiger partial charge in [-0.2, -0.15) is 0 Å². The van der Waals surface area contributed by atoms with E-state index in [1.807, 2.05) is 0 Å². The molecule has 0 atom stereocenters. The Labute approximate surface area is 67.0 Å². The van der Waals surface area contributed by atoms with Gasteiger partial charge in [-0.3, -0.25) is 0 Å². The second-order valence-corrected chi connectivity index (χ2v) is 4.94. The molecule has 0 aromatic rings. The Bertz CT molecular complexity index is 188. The topological polar surface area (TPSA) is 37.4 Å². The van der Waals surface area contributed by atoms with Crippen molar-refractivity contribution < 1.29 is 8.42 Å². The quantitative estimate of drug-likeness (QED) is 0.612. The maximum absolute atomic E-state index is 10.9. The Morgan fingerprint density at radius 1 is 1.50 bits per heavy atom. The molecular formula is C5H12ClNO2S. The van der Waals surface area contributed by atoms with Crippen molar-refractivity contribution >= 4 is 21.6 Å². The van der Waals surface area contributed by atoms with Crippen LogP contribution >= 0.6 is 11.6 Å². The number of sulfonamides is 1. The lowest BCUT2D eigenvalue weighted by molar-refractivity contribution is 0.413. The number of hydrogen-bond donors (Lipinski definition) is 0. The standard InChI is InChI=1S/C5H12ClNO2S/c1-5(2)7(3)10(8,9)4-6/h5H,4H2,1-3H3.